The summed E-state index contributed by atoms with van der Waals surface area (Å²) in [6.07, 6.45) is 3.16. The Bertz CT molecular complexity index is 1710. The molecule has 0 atom stereocenters. The fourth-order valence-corrected chi connectivity index (χ4v) is 5.73. The smallest absolute Gasteiger partial charge is 0.294 e. The van der Waals surface area contributed by atoms with Gasteiger partial charge in [-0.1, -0.05) is 41.5 Å². The highest BCUT2D eigenvalue weighted by atomic mass is 32.2. The second-order valence-electron chi connectivity index (χ2n) is 8.72. The second-order valence-corrected chi connectivity index (χ2v) is 12.1. The lowest BCUT2D eigenvalue weighted by molar-refractivity contribution is -0.383. The van der Waals surface area contributed by atoms with Gasteiger partial charge in [0.1, 0.15) is 5.69 Å². The van der Waals surface area contributed by atoms with Crippen molar-refractivity contribution < 1.29 is 21.8 Å². The first-order valence-electron chi connectivity index (χ1n) is 11.6. The molecule has 0 aliphatic carbocycles. The average molecular weight is 568 g/mol. The molecule has 0 amide bonds. The number of nitrogens with zero attached hydrogens (tertiary/aromatic N) is 2. The van der Waals surface area contributed by atoms with Gasteiger partial charge in [0.05, 0.1) is 26.1 Å². The molecule has 0 spiro atoms. The minimum absolute atomic E-state index is 0.0243. The molecule has 0 aliphatic heterocycles. The van der Waals surface area contributed by atoms with Crippen LogP contribution in [0.3, 0.4) is 0 Å². The van der Waals surface area contributed by atoms with E-state index in [1.54, 1.807) is 62.6 Å². The van der Waals surface area contributed by atoms with Gasteiger partial charge in [-0.25, -0.2) is 16.8 Å². The van der Waals surface area contributed by atoms with E-state index in [4.69, 9.17) is 0 Å². The van der Waals surface area contributed by atoms with E-state index in [2.05, 4.69) is 19.7 Å². The van der Waals surface area contributed by atoms with Crippen molar-refractivity contribution in [2.45, 2.75) is 30.2 Å². The molecule has 0 bridgehead atoms. The largest absolute Gasteiger partial charge is 0.375 e. The highest BCUT2D eigenvalue weighted by molar-refractivity contribution is 7.93. The topological polar surface area (TPSA) is 160 Å². The van der Waals surface area contributed by atoms with Gasteiger partial charge < -0.3 is 5.32 Å². The lowest BCUT2D eigenvalue weighted by Gasteiger charge is -2.17. The number of rotatable bonds is 10. The third kappa shape index (κ3) is 6.69. The molecule has 202 valence electrons. The van der Waals surface area contributed by atoms with E-state index in [-0.39, 0.29) is 33.4 Å². The average Bonchev–Trinajstić information content (AvgIpc) is 2.89. The molecule has 0 saturated carbocycles. The maximum atomic E-state index is 13.2. The zero-order valence-electron chi connectivity index (χ0n) is 21.0. The van der Waals surface area contributed by atoms with Crippen LogP contribution >= 0.6 is 0 Å². The van der Waals surface area contributed by atoms with Crippen LogP contribution in [0.25, 0.3) is 0 Å². The summed E-state index contributed by atoms with van der Waals surface area (Å²) in [4.78, 5) is 15.1. The van der Waals surface area contributed by atoms with Crippen molar-refractivity contribution in [3.63, 3.8) is 0 Å². The first-order chi connectivity index (χ1) is 18.4. The summed E-state index contributed by atoms with van der Waals surface area (Å²) >= 11 is 0. The first-order valence-corrected chi connectivity index (χ1v) is 14.6. The summed E-state index contributed by atoms with van der Waals surface area (Å²) in [6, 6.07) is 17.6. The molecule has 39 heavy (non-hydrogen) atoms. The molecule has 1 aromatic heterocycles. The van der Waals surface area contributed by atoms with Crippen LogP contribution < -0.4 is 14.8 Å². The van der Waals surface area contributed by atoms with Crippen LogP contribution in [-0.4, -0.2) is 26.7 Å². The third-order valence-electron chi connectivity index (χ3n) is 5.69. The van der Waals surface area contributed by atoms with Crippen molar-refractivity contribution in [3.8, 4) is 0 Å². The van der Waals surface area contributed by atoms with Gasteiger partial charge in [-0.2, -0.15) is 0 Å². The summed E-state index contributed by atoms with van der Waals surface area (Å²) in [5.74, 6) is 0. The number of pyridine rings is 1. The highest BCUT2D eigenvalue weighted by Gasteiger charge is 2.25. The minimum atomic E-state index is -4.23. The van der Waals surface area contributed by atoms with Crippen molar-refractivity contribution in [1.82, 2.24) is 4.98 Å². The van der Waals surface area contributed by atoms with E-state index < -0.39 is 30.7 Å². The molecule has 4 aromatic rings. The second kappa shape index (κ2) is 11.1. The van der Waals surface area contributed by atoms with Crippen molar-refractivity contribution >= 4 is 42.8 Å². The molecule has 3 N–H and O–H groups in total. The Labute approximate surface area is 226 Å². The fourth-order valence-electron chi connectivity index (χ4n) is 3.59. The van der Waals surface area contributed by atoms with Crippen LogP contribution in [0.4, 0.5) is 22.7 Å². The van der Waals surface area contributed by atoms with Crippen LogP contribution in [0.5, 0.6) is 0 Å². The molecule has 0 radical (unpaired) electrons. The van der Waals surface area contributed by atoms with Crippen LogP contribution in [0, 0.1) is 24.0 Å². The molecular weight excluding hydrogens is 542 g/mol. The highest BCUT2D eigenvalue weighted by Crippen LogP contribution is 2.37. The third-order valence-corrected chi connectivity index (χ3v) is 8.45. The Morgan fingerprint density at radius 1 is 0.769 bits per heavy atom. The zero-order chi connectivity index (χ0) is 28.2. The number of aromatic nitrogens is 1. The zero-order valence-corrected chi connectivity index (χ0v) is 22.6. The summed E-state index contributed by atoms with van der Waals surface area (Å²) in [6.45, 7) is 3.74. The van der Waals surface area contributed by atoms with Gasteiger partial charge in [0.15, 0.2) is 0 Å². The first kappa shape index (κ1) is 27.5. The van der Waals surface area contributed by atoms with Crippen LogP contribution in [0.1, 0.15) is 16.7 Å². The molecule has 11 nitrogen and oxygen atoms in total. The summed E-state index contributed by atoms with van der Waals surface area (Å²) in [5.41, 5.74) is 1.40. The fraction of sp³-hybridized carbons (Fsp3) is 0.115. The molecule has 0 aliphatic rings. The van der Waals surface area contributed by atoms with Crippen LogP contribution in [0.2, 0.25) is 0 Å². The maximum Gasteiger partial charge on any atom is 0.294 e. The number of nitro benzene ring substituents is 1. The van der Waals surface area contributed by atoms with E-state index in [0.717, 1.165) is 22.8 Å². The Kier molecular flexibility index (Phi) is 7.83. The Morgan fingerprint density at radius 2 is 1.28 bits per heavy atom. The maximum absolute atomic E-state index is 13.2. The molecule has 13 heteroatoms. The molecule has 0 saturated heterocycles. The van der Waals surface area contributed by atoms with Gasteiger partial charge >= 0.3 is 0 Å². The van der Waals surface area contributed by atoms with E-state index in [0.29, 0.717) is 0 Å². The van der Waals surface area contributed by atoms with Gasteiger partial charge in [0, 0.05) is 25.0 Å². The molecule has 3 aromatic carbocycles. The number of anilines is 3. The molecule has 0 unspecified atom stereocenters. The Hall–Kier alpha value is -4.49. The molecular formula is C26H25N5O6S2. The summed E-state index contributed by atoms with van der Waals surface area (Å²) in [7, 11) is -8.41. The predicted octanol–water partition coefficient (Wildman–Crippen LogP) is 4.82. The lowest BCUT2D eigenvalue weighted by atomic mass is 10.2. The number of sulfonamides is 2. The van der Waals surface area contributed by atoms with Gasteiger partial charge in [-0.15, -0.1) is 0 Å². The number of nitro groups is 1. The monoisotopic (exact) mass is 567 g/mol. The Morgan fingerprint density at radius 3 is 1.74 bits per heavy atom. The van der Waals surface area contributed by atoms with E-state index in [9.17, 15) is 26.9 Å². The predicted molar refractivity (Wildman–Crippen MR) is 149 cm³/mol. The molecule has 0 fully saturated rings. The normalized spacial score (nSPS) is 11.5. The Balaban J connectivity index is 1.79. The van der Waals surface area contributed by atoms with Crippen molar-refractivity contribution in [2.75, 3.05) is 14.8 Å². The molecule has 1 heterocycles. The lowest BCUT2D eigenvalue weighted by Crippen LogP contribution is -2.18. The van der Waals surface area contributed by atoms with Gasteiger partial charge in [-0.3, -0.25) is 24.5 Å². The van der Waals surface area contributed by atoms with Gasteiger partial charge in [0.2, 0.25) is 0 Å². The van der Waals surface area contributed by atoms with E-state index in [1.165, 1.54) is 30.3 Å². The number of benzene rings is 3. The van der Waals surface area contributed by atoms with Crippen molar-refractivity contribution in [2.24, 2.45) is 0 Å². The standard InChI is InChI=1S/C26H25N5O6S2/c1-18-5-9-21(10-6-18)38(34,35)29-23-14-25(28-17-20-4-3-13-27-16-20)26(31(32)33)15-24(23)30-39(36,37)22-11-7-19(2)8-12-22/h3-16,28-30H,17H2,1-2H3. The van der Waals surface area contributed by atoms with E-state index in [1.807, 2.05) is 0 Å². The van der Waals surface area contributed by atoms with Crippen LogP contribution in [0.15, 0.2) is 95.0 Å². The van der Waals surface area contributed by atoms with Crippen molar-refractivity contribution in [3.05, 3.63) is 112 Å². The number of hydrogen-bond donors (Lipinski definition) is 3. The van der Waals surface area contributed by atoms with Gasteiger partial charge in [-0.05, 0) is 55.8 Å². The molecule has 4 rings (SSSR count). The SMILES string of the molecule is Cc1ccc(S(=O)(=O)Nc2cc(NCc3cccnc3)c([N+](=O)[O-])cc2NS(=O)(=O)c2ccc(C)cc2)cc1. The summed E-state index contributed by atoms with van der Waals surface area (Å²) in [5, 5.41) is 14.9. The summed E-state index contributed by atoms with van der Waals surface area (Å²) < 4.78 is 57.3. The number of aryl methyl sites for hydroxylation is 2. The number of hydrogen-bond acceptors (Lipinski definition) is 8. The minimum Gasteiger partial charge on any atom is -0.375 e. The number of nitrogens with one attached hydrogen (secondary N) is 3. The quantitative estimate of drug-likeness (QED) is 0.182. The van der Waals surface area contributed by atoms with Gasteiger partial charge in [0.25, 0.3) is 25.7 Å². The van der Waals surface area contributed by atoms with Crippen LogP contribution in [-0.2, 0) is 26.6 Å². The van der Waals surface area contributed by atoms with Crippen molar-refractivity contribution in [1.29, 1.82) is 0 Å². The van der Waals surface area contributed by atoms with E-state index >= 15 is 0 Å².